The van der Waals surface area contributed by atoms with Gasteiger partial charge in [0.15, 0.2) is 0 Å². The molecule has 132 valence electrons. The van der Waals surface area contributed by atoms with Gasteiger partial charge in [-0.2, -0.15) is 0 Å². The zero-order valence-corrected chi connectivity index (χ0v) is 14.3. The first-order chi connectivity index (χ1) is 12.0. The topological polar surface area (TPSA) is 107 Å². The highest BCUT2D eigenvalue weighted by atomic mass is 16.5. The van der Waals surface area contributed by atoms with Gasteiger partial charge in [0.25, 0.3) is 11.1 Å². The van der Waals surface area contributed by atoms with E-state index in [1.807, 2.05) is 38.2 Å². The maximum Gasteiger partial charge on any atom is 0.267 e. The van der Waals surface area contributed by atoms with Crippen molar-refractivity contribution in [3.8, 4) is 0 Å². The van der Waals surface area contributed by atoms with E-state index in [0.29, 0.717) is 29.1 Å². The number of allylic oxidation sites excluding steroid dienone is 2. The molecule has 7 nitrogen and oxygen atoms in total. The lowest BCUT2D eigenvalue weighted by Gasteiger charge is -2.30. The quantitative estimate of drug-likeness (QED) is 0.601. The van der Waals surface area contributed by atoms with Gasteiger partial charge in [-0.05, 0) is 13.8 Å². The van der Waals surface area contributed by atoms with Crippen LogP contribution in [0.15, 0.2) is 46.5 Å². The molecule has 1 aliphatic carbocycles. The molecule has 0 aliphatic heterocycles. The van der Waals surface area contributed by atoms with E-state index in [2.05, 4.69) is 27.0 Å². The molecular weight excluding hydrogens is 320 g/mol. The summed E-state index contributed by atoms with van der Waals surface area (Å²) >= 11 is 0. The standard InChI is InChI=1S/C18H22N4O3/c1-4-9-25-13-8-6-5-7-12(13)16(14-10(2)19-21-17(14)23)15-11(3)20-22-18(15)24/h4-8,12-13,16H,1,9H2,2-3H3,(H2,19,21,23)(H2,20,22,24). The van der Waals surface area contributed by atoms with Gasteiger partial charge in [0.1, 0.15) is 0 Å². The van der Waals surface area contributed by atoms with Crippen molar-refractivity contribution in [3.05, 3.63) is 80.2 Å². The molecule has 25 heavy (non-hydrogen) atoms. The Labute approximate surface area is 144 Å². The normalized spacial score (nSPS) is 19.6. The van der Waals surface area contributed by atoms with Gasteiger partial charge in [-0.15, -0.1) is 6.58 Å². The molecule has 1 aliphatic rings. The van der Waals surface area contributed by atoms with Crippen LogP contribution >= 0.6 is 0 Å². The van der Waals surface area contributed by atoms with E-state index in [4.69, 9.17) is 4.74 Å². The van der Waals surface area contributed by atoms with Crippen LogP contribution in [0.2, 0.25) is 0 Å². The molecule has 0 saturated carbocycles. The third kappa shape index (κ3) is 3.10. The Morgan fingerprint density at radius 2 is 1.60 bits per heavy atom. The third-order valence-corrected chi connectivity index (χ3v) is 4.56. The van der Waals surface area contributed by atoms with Gasteiger partial charge in [0, 0.05) is 34.4 Å². The number of aryl methyl sites for hydroxylation is 2. The zero-order chi connectivity index (χ0) is 18.0. The second kappa shape index (κ2) is 6.98. The fourth-order valence-electron chi connectivity index (χ4n) is 3.44. The Hall–Kier alpha value is -2.80. The van der Waals surface area contributed by atoms with Gasteiger partial charge in [-0.1, -0.05) is 30.4 Å². The highest BCUT2D eigenvalue weighted by molar-refractivity contribution is 5.38. The first-order valence-electron chi connectivity index (χ1n) is 8.16. The molecule has 2 unspecified atom stereocenters. The van der Waals surface area contributed by atoms with Crippen LogP contribution in [0.1, 0.15) is 28.4 Å². The minimum Gasteiger partial charge on any atom is -0.369 e. The summed E-state index contributed by atoms with van der Waals surface area (Å²) in [5.41, 5.74) is 2.05. The molecule has 2 aromatic heterocycles. The fraction of sp³-hybridized carbons (Fsp3) is 0.333. The fourth-order valence-corrected chi connectivity index (χ4v) is 3.44. The van der Waals surface area contributed by atoms with Crippen molar-refractivity contribution in [1.29, 1.82) is 0 Å². The number of hydrogen-bond donors (Lipinski definition) is 4. The van der Waals surface area contributed by atoms with Crippen molar-refractivity contribution in [2.75, 3.05) is 6.61 Å². The van der Waals surface area contributed by atoms with E-state index >= 15 is 0 Å². The summed E-state index contributed by atoms with van der Waals surface area (Å²) in [5, 5.41) is 10.9. The predicted molar refractivity (Wildman–Crippen MR) is 95.9 cm³/mol. The Bertz CT molecular complexity index is 871. The van der Waals surface area contributed by atoms with Crippen LogP contribution < -0.4 is 11.1 Å². The molecule has 4 N–H and O–H groups in total. The molecule has 2 aromatic rings. The molecule has 0 radical (unpaired) electrons. The molecule has 2 atom stereocenters. The molecule has 0 spiro atoms. The van der Waals surface area contributed by atoms with E-state index < -0.39 is 5.92 Å². The van der Waals surface area contributed by atoms with Crippen LogP contribution in [-0.4, -0.2) is 33.1 Å². The van der Waals surface area contributed by atoms with E-state index in [0.717, 1.165) is 0 Å². The van der Waals surface area contributed by atoms with Crippen molar-refractivity contribution >= 4 is 0 Å². The van der Waals surface area contributed by atoms with Gasteiger partial charge in [-0.3, -0.25) is 19.8 Å². The SMILES string of the molecule is C=CCOC1C=CC=CC1C(c1c(C)[nH][nH]c1=O)c1c(C)[nH][nH]c1=O. The second-order valence-electron chi connectivity index (χ2n) is 6.15. The van der Waals surface area contributed by atoms with Crippen LogP contribution in [0, 0.1) is 19.8 Å². The summed E-state index contributed by atoms with van der Waals surface area (Å²) in [6.45, 7) is 7.71. The molecule has 0 bridgehead atoms. The van der Waals surface area contributed by atoms with Crippen LogP contribution in [-0.2, 0) is 4.74 Å². The van der Waals surface area contributed by atoms with Crippen LogP contribution in [0.25, 0.3) is 0 Å². The van der Waals surface area contributed by atoms with Gasteiger partial charge in [-0.25, -0.2) is 0 Å². The Morgan fingerprint density at radius 1 is 1.04 bits per heavy atom. The summed E-state index contributed by atoms with van der Waals surface area (Å²) < 4.78 is 5.88. The molecule has 2 heterocycles. The maximum absolute atomic E-state index is 12.5. The summed E-state index contributed by atoms with van der Waals surface area (Å²) in [7, 11) is 0. The van der Waals surface area contributed by atoms with Crippen molar-refractivity contribution in [3.63, 3.8) is 0 Å². The second-order valence-corrected chi connectivity index (χ2v) is 6.15. The molecule has 7 heteroatoms. The van der Waals surface area contributed by atoms with Gasteiger partial charge >= 0.3 is 0 Å². The number of ether oxygens (including phenoxy) is 1. The van der Waals surface area contributed by atoms with E-state index in [-0.39, 0.29) is 23.1 Å². The lowest BCUT2D eigenvalue weighted by atomic mass is 9.76. The number of H-pyrrole nitrogens is 4. The molecule has 0 fully saturated rings. The monoisotopic (exact) mass is 342 g/mol. The maximum atomic E-state index is 12.5. The van der Waals surface area contributed by atoms with E-state index in [1.54, 1.807) is 6.08 Å². The van der Waals surface area contributed by atoms with Gasteiger partial charge in [0.05, 0.1) is 12.7 Å². The first kappa shape index (κ1) is 17.0. The largest absolute Gasteiger partial charge is 0.369 e. The Kier molecular flexibility index (Phi) is 4.76. The van der Waals surface area contributed by atoms with Gasteiger partial charge < -0.3 is 14.9 Å². The summed E-state index contributed by atoms with van der Waals surface area (Å²) in [6, 6.07) is 0. The van der Waals surface area contributed by atoms with Crippen LogP contribution in [0.3, 0.4) is 0 Å². The molecule has 0 amide bonds. The van der Waals surface area contributed by atoms with Crippen molar-refractivity contribution < 1.29 is 4.74 Å². The number of aromatic nitrogens is 4. The summed E-state index contributed by atoms with van der Waals surface area (Å²) in [5.74, 6) is -0.642. The average molecular weight is 342 g/mol. The van der Waals surface area contributed by atoms with E-state index in [9.17, 15) is 9.59 Å². The number of hydrogen-bond acceptors (Lipinski definition) is 3. The highest BCUT2D eigenvalue weighted by Gasteiger charge is 2.36. The van der Waals surface area contributed by atoms with Gasteiger partial charge in [0.2, 0.25) is 0 Å². The van der Waals surface area contributed by atoms with Crippen molar-refractivity contribution in [1.82, 2.24) is 20.4 Å². The van der Waals surface area contributed by atoms with Crippen molar-refractivity contribution in [2.24, 2.45) is 5.92 Å². The smallest absolute Gasteiger partial charge is 0.267 e. The minimum absolute atomic E-state index is 0.198. The molecule has 0 saturated heterocycles. The van der Waals surface area contributed by atoms with Crippen LogP contribution in [0.5, 0.6) is 0 Å². The number of nitrogens with one attached hydrogen (secondary N) is 4. The predicted octanol–water partition coefficient (Wildman–Crippen LogP) is 1.78. The third-order valence-electron chi connectivity index (χ3n) is 4.56. The molecular formula is C18H22N4O3. The Morgan fingerprint density at radius 3 is 2.08 bits per heavy atom. The molecule has 0 aromatic carbocycles. The van der Waals surface area contributed by atoms with Crippen molar-refractivity contribution in [2.45, 2.75) is 25.9 Å². The summed E-state index contributed by atoms with van der Waals surface area (Å²) in [6.07, 6.45) is 9.15. The first-order valence-corrected chi connectivity index (χ1v) is 8.16. The summed E-state index contributed by atoms with van der Waals surface area (Å²) in [4.78, 5) is 24.9. The molecule has 3 rings (SSSR count). The number of aromatic amines is 4. The minimum atomic E-state index is -0.444. The lowest BCUT2D eigenvalue weighted by molar-refractivity contribution is 0.0726. The highest BCUT2D eigenvalue weighted by Crippen LogP contribution is 2.36. The Balaban J connectivity index is 2.16. The lowest BCUT2D eigenvalue weighted by Crippen LogP contribution is -2.33. The van der Waals surface area contributed by atoms with E-state index in [1.165, 1.54) is 0 Å². The zero-order valence-electron chi connectivity index (χ0n) is 14.3. The van der Waals surface area contributed by atoms with Crippen LogP contribution in [0.4, 0.5) is 0 Å². The average Bonchev–Trinajstić information content (AvgIpc) is 3.11. The number of rotatable bonds is 6.